The van der Waals surface area contributed by atoms with Crippen LogP contribution in [0.15, 0.2) is 73.2 Å². The van der Waals surface area contributed by atoms with Crippen LogP contribution in [0, 0.1) is 5.92 Å². The summed E-state index contributed by atoms with van der Waals surface area (Å²) in [6.45, 7) is 4.96. The molecule has 13 nitrogen and oxygen atoms in total. The number of pyridine rings is 2. The second-order valence-corrected chi connectivity index (χ2v) is 14.8. The summed E-state index contributed by atoms with van der Waals surface area (Å²) in [7, 11) is 0. The predicted molar refractivity (Wildman–Crippen MR) is 202 cm³/mol. The fourth-order valence-electron chi connectivity index (χ4n) is 8.49. The minimum absolute atomic E-state index is 0.00828. The number of nitrogens with zero attached hydrogens (tertiary/aromatic N) is 8. The van der Waals surface area contributed by atoms with Crippen molar-refractivity contribution in [3.8, 4) is 11.1 Å². The van der Waals surface area contributed by atoms with Crippen LogP contribution in [-0.4, -0.2) is 112 Å². The van der Waals surface area contributed by atoms with E-state index in [1.807, 2.05) is 30.3 Å². The summed E-state index contributed by atoms with van der Waals surface area (Å²) >= 11 is 0. The van der Waals surface area contributed by atoms with Crippen molar-refractivity contribution < 1.29 is 32.3 Å². The lowest BCUT2D eigenvalue weighted by Gasteiger charge is -2.39. The summed E-state index contributed by atoms with van der Waals surface area (Å²) in [5.41, 5.74) is 3.98. The number of imide groups is 2. The number of carbonyl (C=O) groups excluding carboxylic acids is 4. The molecule has 0 saturated carbocycles. The number of halogens is 3. The second kappa shape index (κ2) is 13.9. The van der Waals surface area contributed by atoms with Gasteiger partial charge in [-0.2, -0.15) is 18.2 Å². The van der Waals surface area contributed by atoms with Crippen LogP contribution in [0.3, 0.4) is 0 Å². The molecular formula is C40H38F3N9O4. The van der Waals surface area contributed by atoms with Gasteiger partial charge in [-0.15, -0.1) is 0 Å². The number of piperazine rings is 1. The number of urea groups is 1. The van der Waals surface area contributed by atoms with Gasteiger partial charge in [-0.25, -0.2) is 14.8 Å². The number of fused-ring (bicyclic) bond motifs is 4. The number of piperidine rings is 1. The second-order valence-electron chi connectivity index (χ2n) is 14.8. The lowest BCUT2D eigenvalue weighted by molar-refractivity contribution is -0.139. The van der Waals surface area contributed by atoms with Crippen molar-refractivity contribution >= 4 is 57.1 Å². The van der Waals surface area contributed by atoms with E-state index >= 15 is 0 Å². The van der Waals surface area contributed by atoms with E-state index in [-0.39, 0.29) is 24.1 Å². The molecule has 4 aliphatic heterocycles. The fourth-order valence-corrected chi connectivity index (χ4v) is 8.49. The van der Waals surface area contributed by atoms with Crippen LogP contribution in [0.4, 0.5) is 29.5 Å². The van der Waals surface area contributed by atoms with Gasteiger partial charge in [-0.3, -0.25) is 29.6 Å². The van der Waals surface area contributed by atoms with Crippen molar-refractivity contribution in [2.45, 2.75) is 32.0 Å². The highest BCUT2D eigenvalue weighted by atomic mass is 19.4. The average molecular weight is 766 g/mol. The minimum atomic E-state index is -4.37. The Labute approximate surface area is 319 Å². The molecule has 3 fully saturated rings. The molecule has 4 aliphatic rings. The van der Waals surface area contributed by atoms with Crippen molar-refractivity contribution in [2.75, 3.05) is 62.2 Å². The summed E-state index contributed by atoms with van der Waals surface area (Å²) in [6, 6.07) is 15.6. The van der Waals surface area contributed by atoms with Gasteiger partial charge in [0.15, 0.2) is 0 Å². The maximum Gasteiger partial charge on any atom is 0.406 e. The van der Waals surface area contributed by atoms with Crippen molar-refractivity contribution in [3.63, 3.8) is 0 Å². The molecule has 56 heavy (non-hydrogen) atoms. The van der Waals surface area contributed by atoms with E-state index in [1.54, 1.807) is 36.7 Å². The molecule has 0 unspecified atom stereocenters. The molecule has 5 aromatic rings. The molecule has 0 radical (unpaired) electrons. The van der Waals surface area contributed by atoms with Crippen molar-refractivity contribution in [3.05, 3.63) is 84.3 Å². The van der Waals surface area contributed by atoms with Gasteiger partial charge in [0.05, 0.1) is 28.7 Å². The van der Waals surface area contributed by atoms with Gasteiger partial charge >= 0.3 is 12.2 Å². The molecule has 2 aromatic carbocycles. The Hall–Kier alpha value is -6.03. The quantitative estimate of drug-likeness (QED) is 0.220. The molecule has 7 heterocycles. The van der Waals surface area contributed by atoms with E-state index in [2.05, 4.69) is 25.0 Å². The van der Waals surface area contributed by atoms with Crippen molar-refractivity contribution in [2.24, 2.45) is 5.92 Å². The maximum absolute atomic E-state index is 13.6. The summed E-state index contributed by atoms with van der Waals surface area (Å²) in [5.74, 6) is -0.198. The van der Waals surface area contributed by atoms with Gasteiger partial charge < -0.3 is 14.4 Å². The van der Waals surface area contributed by atoms with Crippen LogP contribution in [0.2, 0.25) is 0 Å². The molecule has 16 heteroatoms. The molecule has 1 N–H and O–H groups in total. The Bertz CT molecular complexity index is 2380. The fraction of sp³-hybridized carbons (Fsp3) is 0.350. The first kappa shape index (κ1) is 35.7. The number of amides is 5. The van der Waals surface area contributed by atoms with Crippen LogP contribution >= 0.6 is 0 Å². The van der Waals surface area contributed by atoms with E-state index in [9.17, 15) is 32.3 Å². The summed E-state index contributed by atoms with van der Waals surface area (Å²) < 4.78 is 42.0. The molecular weight excluding hydrogens is 727 g/mol. The largest absolute Gasteiger partial charge is 0.406 e. The molecule has 0 atom stereocenters. The number of alkyl halides is 3. The number of anilines is 2. The molecule has 3 saturated heterocycles. The van der Waals surface area contributed by atoms with Crippen molar-refractivity contribution in [1.82, 2.24) is 34.8 Å². The predicted octanol–water partition coefficient (Wildman–Crippen LogP) is 5.31. The number of benzene rings is 2. The lowest BCUT2D eigenvalue weighted by Crippen LogP contribution is -2.58. The monoisotopic (exact) mass is 765 g/mol. The third kappa shape index (κ3) is 6.56. The van der Waals surface area contributed by atoms with Crippen LogP contribution in [-0.2, 0) is 11.3 Å². The van der Waals surface area contributed by atoms with Gasteiger partial charge in [0.25, 0.3) is 11.8 Å². The van der Waals surface area contributed by atoms with Gasteiger partial charge in [-0.05, 0) is 66.8 Å². The third-order valence-electron chi connectivity index (χ3n) is 11.4. The van der Waals surface area contributed by atoms with E-state index in [0.717, 1.165) is 96.7 Å². The highest BCUT2D eigenvalue weighted by Gasteiger charge is 2.43. The zero-order valence-corrected chi connectivity index (χ0v) is 30.3. The van der Waals surface area contributed by atoms with Crippen LogP contribution in [0.25, 0.3) is 32.9 Å². The van der Waals surface area contributed by atoms with Crippen LogP contribution < -0.4 is 15.1 Å². The Balaban J connectivity index is 0.786. The number of nitrogens with one attached hydrogen (secondary N) is 1. The molecule has 288 valence electrons. The Kier molecular flexibility index (Phi) is 8.86. The van der Waals surface area contributed by atoms with Crippen LogP contribution in [0.1, 0.15) is 40.0 Å². The first-order valence-corrected chi connectivity index (χ1v) is 18.8. The molecule has 5 amide bonds. The van der Waals surface area contributed by atoms with Gasteiger partial charge in [0.2, 0.25) is 5.91 Å². The molecule has 0 bridgehead atoms. The highest BCUT2D eigenvalue weighted by Crippen LogP contribution is 2.35. The summed E-state index contributed by atoms with van der Waals surface area (Å²) in [4.78, 5) is 66.2. The normalized spacial score (nSPS) is 18.8. The van der Waals surface area contributed by atoms with Gasteiger partial charge in [0.1, 0.15) is 12.4 Å². The zero-order chi connectivity index (χ0) is 38.7. The number of hydrogen-bond donors (Lipinski definition) is 1. The number of carbonyl (C=O) groups is 4. The van der Waals surface area contributed by atoms with E-state index < -0.39 is 36.5 Å². The van der Waals surface area contributed by atoms with E-state index in [1.165, 1.54) is 10.8 Å². The van der Waals surface area contributed by atoms with Crippen molar-refractivity contribution in [1.29, 1.82) is 0 Å². The van der Waals surface area contributed by atoms with Gasteiger partial charge in [-0.1, -0.05) is 12.1 Å². The smallest absolute Gasteiger partial charge is 0.371 e. The average Bonchev–Trinajstić information content (AvgIpc) is 3.63. The third-order valence-corrected chi connectivity index (χ3v) is 11.4. The Morgan fingerprint density at radius 3 is 2.23 bits per heavy atom. The minimum Gasteiger partial charge on any atom is -0.371 e. The number of hydrazine groups is 1. The maximum atomic E-state index is 13.6. The molecule has 9 rings (SSSR count). The summed E-state index contributed by atoms with van der Waals surface area (Å²) in [5, 5.41) is 5.41. The topological polar surface area (TPSA) is 127 Å². The van der Waals surface area contributed by atoms with Crippen LogP contribution in [0.5, 0.6) is 0 Å². The first-order chi connectivity index (χ1) is 27.0. The highest BCUT2D eigenvalue weighted by molar-refractivity contribution is 6.22. The van der Waals surface area contributed by atoms with Gasteiger partial charge in [0, 0.05) is 92.8 Å². The molecule has 3 aromatic heterocycles. The molecule has 0 spiro atoms. The molecule has 0 aliphatic carbocycles. The number of hydrogen-bond acceptors (Lipinski definition) is 9. The number of rotatable bonds is 7. The number of aromatic nitrogens is 3. The Morgan fingerprint density at radius 1 is 0.732 bits per heavy atom. The van der Waals surface area contributed by atoms with E-state index in [0.29, 0.717) is 22.3 Å². The van der Waals surface area contributed by atoms with E-state index in [4.69, 9.17) is 4.98 Å². The Morgan fingerprint density at radius 2 is 1.50 bits per heavy atom. The SMILES string of the molecule is O=C1CCN(N2C(=O)c3ccc(N4CCC(CN5CCN(c6ccc(-c7ccc8c9cnccc9n(CC(F)(F)F)c8c7)cn6)CC5)CC4)cc3C2=O)C(=O)N1. The zero-order valence-electron chi connectivity index (χ0n) is 30.3. The first-order valence-electron chi connectivity index (χ1n) is 18.8. The standard InChI is InChI=1S/C40H38F3N9O4/c41-40(42,43)24-50-33-7-11-44-22-32(33)29-4-1-26(19-34(29)50)27-2-6-35(45-21-27)49-17-15-47(16-18-49)23-25-8-12-48(13-9-25)28-3-5-30-31(20-28)38(55)52(37(30)54)51-14-10-36(53)46-39(51)56/h1-7,11,19-22,25H,8-10,12-18,23-24H2,(H,46,53,56). The lowest BCUT2D eigenvalue weighted by atomic mass is 9.95. The summed E-state index contributed by atoms with van der Waals surface area (Å²) in [6.07, 6.45) is 2.52.